The summed E-state index contributed by atoms with van der Waals surface area (Å²) in [5.74, 6) is -4.45. The smallest absolute Gasteiger partial charge is 0.419 e. The highest BCUT2D eigenvalue weighted by molar-refractivity contribution is 5.90. The molecule has 1 aromatic carbocycles. The van der Waals surface area contributed by atoms with E-state index in [4.69, 9.17) is 0 Å². The maximum atomic E-state index is 13.0. The molecule has 0 bridgehead atoms. The predicted molar refractivity (Wildman–Crippen MR) is 83.7 cm³/mol. The average molecular weight is 388 g/mol. The number of benzene rings is 1. The Bertz CT molecular complexity index is 912. The lowest BCUT2D eigenvalue weighted by atomic mass is 10.0. The number of rotatable bonds is 3. The zero-order valence-electron chi connectivity index (χ0n) is 13.8. The summed E-state index contributed by atoms with van der Waals surface area (Å²) in [6.45, 7) is -0.00987. The first-order valence-electron chi connectivity index (χ1n) is 7.63. The fourth-order valence-corrected chi connectivity index (χ4v) is 2.52. The molecule has 0 spiro atoms. The molecule has 144 valence electrons. The molecule has 0 radical (unpaired) electrons. The number of phenols is 1. The van der Waals surface area contributed by atoms with Crippen molar-refractivity contribution in [3.63, 3.8) is 0 Å². The summed E-state index contributed by atoms with van der Waals surface area (Å²) in [5.41, 5.74) is -1.18. The van der Waals surface area contributed by atoms with Crippen molar-refractivity contribution in [3.8, 4) is 17.1 Å². The van der Waals surface area contributed by atoms with E-state index in [-0.39, 0.29) is 17.0 Å². The van der Waals surface area contributed by atoms with Gasteiger partial charge in [0.25, 0.3) is 5.92 Å². The van der Waals surface area contributed by atoms with Gasteiger partial charge in [-0.2, -0.15) is 13.2 Å². The lowest BCUT2D eigenvalue weighted by molar-refractivity contribution is -0.160. The molecule has 2 aromatic rings. The second kappa shape index (κ2) is 6.32. The van der Waals surface area contributed by atoms with Crippen molar-refractivity contribution < 1.29 is 31.9 Å². The summed E-state index contributed by atoms with van der Waals surface area (Å²) in [4.78, 5) is 16.5. The molecule has 0 saturated carbocycles. The van der Waals surface area contributed by atoms with Crippen LogP contribution in [0, 0.1) is 6.92 Å². The molecule has 27 heavy (non-hydrogen) atoms. The van der Waals surface area contributed by atoms with Gasteiger partial charge in [0.05, 0.1) is 18.7 Å². The first kappa shape index (κ1) is 18.8. The van der Waals surface area contributed by atoms with Gasteiger partial charge < -0.3 is 10.0 Å². The lowest BCUT2D eigenvalue weighted by Crippen LogP contribution is -2.58. The number of nitrogens with zero attached hydrogens (tertiary/aromatic N) is 4. The Labute approximate surface area is 149 Å². The monoisotopic (exact) mass is 388 g/mol. The lowest BCUT2D eigenvalue weighted by Gasteiger charge is -2.37. The third-order valence-corrected chi connectivity index (χ3v) is 3.90. The number of amides is 1. The first-order chi connectivity index (χ1) is 12.5. The summed E-state index contributed by atoms with van der Waals surface area (Å²) >= 11 is 0. The highest BCUT2D eigenvalue weighted by Crippen LogP contribution is 2.39. The Hall–Kier alpha value is -2.98. The van der Waals surface area contributed by atoms with E-state index in [0.717, 1.165) is 34.3 Å². The molecule has 1 aromatic heterocycles. The van der Waals surface area contributed by atoms with Crippen LogP contribution in [0.3, 0.4) is 0 Å². The molecule has 6 nitrogen and oxygen atoms in total. The third kappa shape index (κ3) is 3.91. The molecule has 3 rings (SSSR count). The van der Waals surface area contributed by atoms with Gasteiger partial charge in [0.15, 0.2) is 5.82 Å². The van der Waals surface area contributed by atoms with E-state index in [2.05, 4.69) is 10.1 Å². The van der Waals surface area contributed by atoms with Crippen molar-refractivity contribution in [1.29, 1.82) is 0 Å². The summed E-state index contributed by atoms with van der Waals surface area (Å²) in [5, 5.41) is 13.5. The molecule has 1 N–H and O–H groups in total. The molecule has 1 aliphatic rings. The van der Waals surface area contributed by atoms with Gasteiger partial charge in [-0.05, 0) is 24.6 Å². The van der Waals surface area contributed by atoms with Gasteiger partial charge in [-0.15, -0.1) is 5.10 Å². The van der Waals surface area contributed by atoms with E-state index < -0.39 is 42.4 Å². The number of hydrogen-bond donors (Lipinski definition) is 1. The van der Waals surface area contributed by atoms with Gasteiger partial charge in [0.2, 0.25) is 5.91 Å². The normalized spacial score (nSPS) is 16.6. The summed E-state index contributed by atoms with van der Waals surface area (Å²) in [6, 6.07) is 2.01. The minimum absolute atomic E-state index is 0.000562. The number of phenolic OH excluding ortho intramolecular Hbond substituents is 1. The number of halogens is 5. The molecule has 11 heteroatoms. The fourth-order valence-electron chi connectivity index (χ4n) is 2.52. The Morgan fingerprint density at radius 3 is 2.56 bits per heavy atom. The van der Waals surface area contributed by atoms with Gasteiger partial charge in [0, 0.05) is 17.8 Å². The minimum atomic E-state index is -4.75. The highest BCUT2D eigenvalue weighted by atomic mass is 19.4. The van der Waals surface area contributed by atoms with Gasteiger partial charge in [-0.3, -0.25) is 4.79 Å². The standard InChI is InChI=1S/C16H13F5N4O2/c1-9-4-10(5-11(13(9)27)16(19,20)21)14-22-8-25(23-14)3-2-12(26)24-6-15(17,18)7-24/h2-5,8,27H,6-7H2,1H3/b3-2-. The van der Waals surface area contributed by atoms with Crippen molar-refractivity contribution in [1.82, 2.24) is 19.7 Å². The molecule has 0 unspecified atom stereocenters. The van der Waals surface area contributed by atoms with Crippen LogP contribution in [-0.2, 0) is 11.0 Å². The van der Waals surface area contributed by atoms with Crippen LogP contribution in [0.4, 0.5) is 22.0 Å². The molecule has 0 atom stereocenters. The Balaban J connectivity index is 1.79. The predicted octanol–water partition coefficient (Wildman–Crippen LogP) is 2.93. The summed E-state index contributed by atoms with van der Waals surface area (Å²) < 4.78 is 65.5. The van der Waals surface area contributed by atoms with Crippen LogP contribution in [0.25, 0.3) is 17.6 Å². The Morgan fingerprint density at radius 2 is 1.96 bits per heavy atom. The number of aryl methyl sites for hydroxylation is 1. The Morgan fingerprint density at radius 1 is 1.30 bits per heavy atom. The van der Waals surface area contributed by atoms with E-state index in [9.17, 15) is 31.9 Å². The van der Waals surface area contributed by atoms with Crippen molar-refractivity contribution in [2.75, 3.05) is 13.1 Å². The van der Waals surface area contributed by atoms with E-state index >= 15 is 0 Å². The Kier molecular flexibility index (Phi) is 4.40. The number of alkyl halides is 5. The molecular weight excluding hydrogens is 375 g/mol. The van der Waals surface area contributed by atoms with Gasteiger partial charge in [-0.25, -0.2) is 18.4 Å². The molecule has 0 aliphatic carbocycles. The SMILES string of the molecule is Cc1cc(-c2ncn(/C=C\C(=O)N3CC(F)(F)C3)n2)cc(C(F)(F)F)c1O. The maximum Gasteiger partial charge on any atom is 0.419 e. The first-order valence-corrected chi connectivity index (χ1v) is 7.63. The third-order valence-electron chi connectivity index (χ3n) is 3.90. The number of hydrogen-bond acceptors (Lipinski definition) is 4. The van der Waals surface area contributed by atoms with Crippen molar-refractivity contribution in [2.24, 2.45) is 0 Å². The van der Waals surface area contributed by atoms with Crippen LogP contribution in [0.5, 0.6) is 5.75 Å². The largest absolute Gasteiger partial charge is 0.507 e. The van der Waals surface area contributed by atoms with Crippen molar-refractivity contribution in [3.05, 3.63) is 35.7 Å². The minimum Gasteiger partial charge on any atom is -0.507 e. The van der Waals surface area contributed by atoms with Crippen LogP contribution in [0.15, 0.2) is 24.5 Å². The van der Waals surface area contributed by atoms with E-state index in [1.807, 2.05) is 0 Å². The highest BCUT2D eigenvalue weighted by Gasteiger charge is 2.45. The summed E-state index contributed by atoms with van der Waals surface area (Å²) in [6.07, 6.45) is -1.43. The zero-order chi connectivity index (χ0) is 20.0. The molecule has 1 saturated heterocycles. The van der Waals surface area contributed by atoms with Crippen LogP contribution in [0.2, 0.25) is 0 Å². The molecule has 1 amide bonds. The summed E-state index contributed by atoms with van der Waals surface area (Å²) in [7, 11) is 0. The number of aromatic nitrogens is 3. The maximum absolute atomic E-state index is 13.0. The van der Waals surface area contributed by atoms with Crippen LogP contribution in [-0.4, -0.2) is 49.7 Å². The fraction of sp³-hybridized carbons (Fsp3) is 0.312. The van der Waals surface area contributed by atoms with Crippen LogP contribution >= 0.6 is 0 Å². The average Bonchev–Trinajstić information content (AvgIpc) is 3.00. The molecule has 2 heterocycles. The molecular formula is C16H13F5N4O2. The van der Waals surface area contributed by atoms with E-state index in [1.165, 1.54) is 13.0 Å². The van der Waals surface area contributed by atoms with Crippen molar-refractivity contribution >= 4 is 12.1 Å². The number of aromatic hydroxyl groups is 1. The molecule has 1 aliphatic heterocycles. The van der Waals surface area contributed by atoms with E-state index in [0.29, 0.717) is 0 Å². The quantitative estimate of drug-likeness (QED) is 0.648. The number of carbonyl (C=O) groups is 1. The van der Waals surface area contributed by atoms with Gasteiger partial charge >= 0.3 is 6.18 Å². The molecule has 1 fully saturated rings. The zero-order valence-corrected chi connectivity index (χ0v) is 13.8. The number of likely N-dealkylation sites (tertiary alicyclic amines) is 1. The van der Waals surface area contributed by atoms with Crippen LogP contribution < -0.4 is 0 Å². The van der Waals surface area contributed by atoms with Gasteiger partial charge in [-0.1, -0.05) is 0 Å². The topological polar surface area (TPSA) is 71.2 Å². The number of carbonyl (C=O) groups excluding carboxylic acids is 1. The van der Waals surface area contributed by atoms with Crippen molar-refractivity contribution in [2.45, 2.75) is 19.0 Å². The van der Waals surface area contributed by atoms with Gasteiger partial charge in [0.1, 0.15) is 12.1 Å². The van der Waals surface area contributed by atoms with E-state index in [1.54, 1.807) is 0 Å². The second-order valence-electron chi connectivity index (χ2n) is 6.10. The second-order valence-corrected chi connectivity index (χ2v) is 6.10. The van der Waals surface area contributed by atoms with Crippen LogP contribution in [0.1, 0.15) is 11.1 Å².